The van der Waals surface area contributed by atoms with Crippen molar-refractivity contribution in [1.82, 2.24) is 9.80 Å². The first-order valence-corrected chi connectivity index (χ1v) is 9.71. The summed E-state index contributed by atoms with van der Waals surface area (Å²) in [5.74, 6) is 0.00410. The molecule has 0 aromatic carbocycles. The van der Waals surface area contributed by atoms with Crippen LogP contribution in [-0.4, -0.2) is 66.2 Å². The first-order chi connectivity index (χ1) is 12.3. The Labute approximate surface area is 156 Å². The molecule has 7 heteroatoms. The third-order valence-corrected chi connectivity index (χ3v) is 4.68. The summed E-state index contributed by atoms with van der Waals surface area (Å²) >= 11 is 0. The fraction of sp³-hybridized carbons (Fsp3) is 0.842. The second-order valence-corrected chi connectivity index (χ2v) is 8.04. The van der Waals surface area contributed by atoms with E-state index in [4.69, 9.17) is 9.47 Å². The van der Waals surface area contributed by atoms with E-state index < -0.39 is 18.2 Å². The van der Waals surface area contributed by atoms with E-state index in [-0.39, 0.29) is 23.7 Å². The van der Waals surface area contributed by atoms with E-state index >= 15 is 0 Å². The highest BCUT2D eigenvalue weighted by Gasteiger charge is 2.43. The highest BCUT2D eigenvalue weighted by molar-refractivity contribution is 5.90. The van der Waals surface area contributed by atoms with Crippen LogP contribution in [0.2, 0.25) is 0 Å². The number of likely N-dealkylation sites (tertiary alicyclic amines) is 2. The molecule has 2 aliphatic rings. The third-order valence-electron chi connectivity index (χ3n) is 4.68. The van der Waals surface area contributed by atoms with Crippen LogP contribution in [0.15, 0.2) is 0 Å². The van der Waals surface area contributed by atoms with E-state index in [9.17, 15) is 14.4 Å². The van der Waals surface area contributed by atoms with Crippen molar-refractivity contribution in [2.75, 3.05) is 26.3 Å². The van der Waals surface area contributed by atoms with Crippen molar-refractivity contribution in [2.45, 2.75) is 65.5 Å². The largest absolute Gasteiger partial charge is 0.464 e. The van der Waals surface area contributed by atoms with Crippen LogP contribution in [0, 0.1) is 11.8 Å². The normalized spacial score (nSPS) is 23.0. The lowest BCUT2D eigenvalue weighted by Crippen LogP contribution is -2.51. The predicted molar refractivity (Wildman–Crippen MR) is 96.4 cm³/mol. The van der Waals surface area contributed by atoms with Crippen LogP contribution in [-0.2, 0) is 19.1 Å². The Morgan fingerprint density at radius 3 is 2.00 bits per heavy atom. The fourth-order valence-electron chi connectivity index (χ4n) is 3.37. The van der Waals surface area contributed by atoms with Gasteiger partial charge in [0.2, 0.25) is 5.91 Å². The molecule has 0 aromatic heterocycles. The molecule has 0 aliphatic carbocycles. The molecule has 2 amide bonds. The van der Waals surface area contributed by atoms with E-state index in [1.54, 1.807) is 4.90 Å². The molecule has 2 fully saturated rings. The molecule has 26 heavy (non-hydrogen) atoms. The Balaban J connectivity index is 1.99. The van der Waals surface area contributed by atoms with Gasteiger partial charge in [0.05, 0.1) is 13.2 Å². The van der Waals surface area contributed by atoms with Gasteiger partial charge >= 0.3 is 12.1 Å². The van der Waals surface area contributed by atoms with Crippen LogP contribution < -0.4 is 0 Å². The number of nitrogens with zero attached hydrogens (tertiary/aromatic N) is 2. The van der Waals surface area contributed by atoms with E-state index in [0.717, 1.165) is 12.8 Å². The maximum Gasteiger partial charge on any atom is 0.410 e. The number of hydrogen-bond acceptors (Lipinski definition) is 5. The first kappa shape index (κ1) is 20.5. The molecule has 0 N–H and O–H groups in total. The average Bonchev–Trinajstić information content (AvgIpc) is 3.25. The number of esters is 1. The van der Waals surface area contributed by atoms with Gasteiger partial charge in [0.15, 0.2) is 0 Å². The quantitative estimate of drug-likeness (QED) is 0.673. The van der Waals surface area contributed by atoms with Gasteiger partial charge < -0.3 is 14.4 Å². The number of rotatable bonds is 6. The zero-order valence-corrected chi connectivity index (χ0v) is 16.4. The molecule has 2 aliphatic heterocycles. The number of hydrogen-bond donors (Lipinski definition) is 0. The van der Waals surface area contributed by atoms with Crippen LogP contribution in [0.3, 0.4) is 0 Å². The van der Waals surface area contributed by atoms with Crippen LogP contribution in [0.5, 0.6) is 0 Å². The summed E-state index contributed by atoms with van der Waals surface area (Å²) in [7, 11) is 0. The average molecular weight is 368 g/mol. The highest BCUT2D eigenvalue weighted by atomic mass is 16.6. The van der Waals surface area contributed by atoms with Gasteiger partial charge in [-0.2, -0.15) is 0 Å². The van der Waals surface area contributed by atoms with Crippen molar-refractivity contribution in [2.24, 2.45) is 11.8 Å². The molecule has 0 aromatic rings. The van der Waals surface area contributed by atoms with Gasteiger partial charge in [-0.05, 0) is 37.5 Å². The van der Waals surface area contributed by atoms with Crippen molar-refractivity contribution in [3.05, 3.63) is 0 Å². The first-order valence-electron chi connectivity index (χ1n) is 9.71. The van der Waals surface area contributed by atoms with Crippen molar-refractivity contribution in [1.29, 1.82) is 0 Å². The van der Waals surface area contributed by atoms with Gasteiger partial charge in [0, 0.05) is 13.1 Å². The molecule has 2 heterocycles. The zero-order valence-electron chi connectivity index (χ0n) is 16.4. The van der Waals surface area contributed by atoms with E-state index in [1.807, 2.05) is 27.7 Å². The number of carbonyl (C=O) groups excluding carboxylic acids is 3. The van der Waals surface area contributed by atoms with Gasteiger partial charge in [0.25, 0.3) is 0 Å². The maximum absolute atomic E-state index is 13.0. The fourth-order valence-corrected chi connectivity index (χ4v) is 3.37. The summed E-state index contributed by atoms with van der Waals surface area (Å²) in [6.45, 7) is 9.64. The van der Waals surface area contributed by atoms with Crippen molar-refractivity contribution in [3.63, 3.8) is 0 Å². The Hall–Kier alpha value is -1.79. The van der Waals surface area contributed by atoms with Crippen LogP contribution in [0.1, 0.15) is 53.4 Å². The summed E-state index contributed by atoms with van der Waals surface area (Å²) < 4.78 is 10.6. The molecule has 2 atom stereocenters. The van der Waals surface area contributed by atoms with E-state index in [1.165, 1.54) is 4.90 Å². The molecule has 0 saturated carbocycles. The Morgan fingerprint density at radius 2 is 1.38 bits per heavy atom. The lowest BCUT2D eigenvalue weighted by Gasteiger charge is -2.30. The summed E-state index contributed by atoms with van der Waals surface area (Å²) in [5.41, 5.74) is 0. The monoisotopic (exact) mass is 368 g/mol. The number of ether oxygens (including phenoxy) is 2. The molecule has 0 spiro atoms. The Bertz CT molecular complexity index is 476. The van der Waals surface area contributed by atoms with Gasteiger partial charge in [0.1, 0.15) is 12.1 Å². The molecule has 0 radical (unpaired) electrons. The van der Waals surface area contributed by atoms with Crippen molar-refractivity contribution in [3.8, 4) is 0 Å². The molecule has 2 unspecified atom stereocenters. The second kappa shape index (κ2) is 9.24. The van der Waals surface area contributed by atoms with Crippen LogP contribution in [0.4, 0.5) is 4.79 Å². The van der Waals surface area contributed by atoms with Gasteiger partial charge in [-0.1, -0.05) is 27.7 Å². The Morgan fingerprint density at radius 1 is 0.846 bits per heavy atom. The SMILES string of the molecule is CC(C)COC(=O)C1CCCN1C(=O)C1CCCN1C(=O)OCC(C)C. The second-order valence-electron chi connectivity index (χ2n) is 8.04. The number of amides is 2. The molecule has 148 valence electrons. The minimum absolute atomic E-state index is 0.159. The molecule has 2 saturated heterocycles. The maximum atomic E-state index is 13.0. The van der Waals surface area contributed by atoms with Crippen LogP contribution >= 0.6 is 0 Å². The van der Waals surface area contributed by atoms with E-state index in [0.29, 0.717) is 39.1 Å². The minimum Gasteiger partial charge on any atom is -0.464 e. The van der Waals surface area contributed by atoms with Crippen LogP contribution in [0.25, 0.3) is 0 Å². The molecule has 2 rings (SSSR count). The van der Waals surface area contributed by atoms with Gasteiger partial charge in [-0.15, -0.1) is 0 Å². The Kier molecular flexibility index (Phi) is 7.29. The number of carbonyl (C=O) groups is 3. The zero-order chi connectivity index (χ0) is 19.3. The predicted octanol–water partition coefficient (Wildman–Crippen LogP) is 2.43. The summed E-state index contributed by atoms with van der Waals surface area (Å²) in [4.78, 5) is 40.8. The topological polar surface area (TPSA) is 76.2 Å². The smallest absolute Gasteiger partial charge is 0.410 e. The minimum atomic E-state index is -0.534. The van der Waals surface area contributed by atoms with Crippen molar-refractivity contribution < 1.29 is 23.9 Å². The molecular formula is C19H32N2O5. The molecule has 7 nitrogen and oxygen atoms in total. The highest BCUT2D eigenvalue weighted by Crippen LogP contribution is 2.26. The summed E-state index contributed by atoms with van der Waals surface area (Å²) in [6, 6.07) is -1.07. The standard InChI is InChI=1S/C19H32N2O5/c1-13(2)11-25-18(23)16-8-6-9-20(16)17(22)15-7-5-10-21(15)19(24)26-12-14(3)4/h13-16H,5-12H2,1-4H3. The molecule has 0 bridgehead atoms. The lowest BCUT2D eigenvalue weighted by atomic mass is 10.1. The van der Waals surface area contributed by atoms with Gasteiger partial charge in [-0.25, -0.2) is 9.59 Å². The van der Waals surface area contributed by atoms with Crippen molar-refractivity contribution >= 4 is 18.0 Å². The molecular weight excluding hydrogens is 336 g/mol. The van der Waals surface area contributed by atoms with Gasteiger partial charge in [-0.3, -0.25) is 9.69 Å². The lowest BCUT2D eigenvalue weighted by molar-refractivity contribution is -0.155. The summed E-state index contributed by atoms with van der Waals surface area (Å²) in [6.07, 6.45) is 2.33. The third kappa shape index (κ3) is 5.11. The summed E-state index contributed by atoms with van der Waals surface area (Å²) in [5, 5.41) is 0. The van der Waals surface area contributed by atoms with E-state index in [2.05, 4.69) is 0 Å².